The van der Waals surface area contributed by atoms with E-state index >= 15 is 0 Å². The van der Waals surface area contributed by atoms with Crippen LogP contribution in [0.25, 0.3) is 22.4 Å². The first-order valence-corrected chi connectivity index (χ1v) is 6.57. The number of aryl methyl sites for hydroxylation is 1. The first kappa shape index (κ1) is 12.7. The molecule has 0 saturated heterocycles. The fourth-order valence-electron chi connectivity index (χ4n) is 2.37. The van der Waals surface area contributed by atoms with E-state index in [-0.39, 0.29) is 12.4 Å². The number of phenols is 1. The molecule has 0 spiro atoms. The van der Waals surface area contributed by atoms with E-state index in [1.165, 1.54) is 0 Å². The lowest BCUT2D eigenvalue weighted by Crippen LogP contribution is -2.04. The number of para-hydroxylation sites is 2. The summed E-state index contributed by atoms with van der Waals surface area (Å²) >= 11 is 0. The minimum absolute atomic E-state index is 0.0468. The summed E-state index contributed by atoms with van der Waals surface area (Å²) in [6.07, 6.45) is 0. The number of hydrogen-bond donors (Lipinski definition) is 2. The van der Waals surface area contributed by atoms with Gasteiger partial charge >= 0.3 is 0 Å². The van der Waals surface area contributed by atoms with Gasteiger partial charge in [-0.1, -0.05) is 24.3 Å². The maximum absolute atomic E-state index is 9.87. The highest BCUT2D eigenvalue weighted by molar-refractivity contribution is 5.80. The van der Waals surface area contributed by atoms with E-state index in [1.807, 2.05) is 47.9 Å². The van der Waals surface area contributed by atoms with Crippen LogP contribution in [0.15, 0.2) is 42.5 Å². The van der Waals surface area contributed by atoms with Gasteiger partial charge in [0.25, 0.3) is 0 Å². The molecule has 0 amide bonds. The quantitative estimate of drug-likeness (QED) is 0.768. The standard InChI is InChI=1S/C16H16N2O2/c1-11-6-7-12(10-15(11)20)16-17-13-4-2-3-5-14(13)18(16)8-9-19/h2-7,10,19-20H,8-9H2,1H3. The van der Waals surface area contributed by atoms with Crippen LogP contribution in [0.5, 0.6) is 5.75 Å². The first-order valence-electron chi connectivity index (χ1n) is 6.57. The van der Waals surface area contributed by atoms with Crippen molar-refractivity contribution in [3.8, 4) is 17.1 Å². The Kier molecular flexibility index (Phi) is 3.16. The summed E-state index contributed by atoms with van der Waals surface area (Å²) in [5.41, 5.74) is 3.55. The lowest BCUT2D eigenvalue weighted by atomic mass is 10.1. The number of aromatic nitrogens is 2. The lowest BCUT2D eigenvalue weighted by Gasteiger charge is -2.08. The van der Waals surface area contributed by atoms with Crippen LogP contribution in [-0.4, -0.2) is 26.4 Å². The van der Waals surface area contributed by atoms with Crippen LogP contribution in [0.3, 0.4) is 0 Å². The minimum atomic E-state index is 0.0468. The Balaban J connectivity index is 2.23. The monoisotopic (exact) mass is 268 g/mol. The van der Waals surface area contributed by atoms with Crippen LogP contribution in [0, 0.1) is 6.92 Å². The summed E-state index contributed by atoms with van der Waals surface area (Å²) in [6.45, 7) is 2.38. The second-order valence-electron chi connectivity index (χ2n) is 4.80. The number of nitrogens with zero attached hydrogens (tertiary/aromatic N) is 2. The lowest BCUT2D eigenvalue weighted by molar-refractivity contribution is 0.278. The van der Waals surface area contributed by atoms with Gasteiger partial charge in [0.05, 0.1) is 17.6 Å². The van der Waals surface area contributed by atoms with Gasteiger partial charge in [-0.15, -0.1) is 0 Å². The molecule has 0 atom stereocenters. The van der Waals surface area contributed by atoms with Crippen molar-refractivity contribution >= 4 is 11.0 Å². The van der Waals surface area contributed by atoms with Gasteiger partial charge in [0, 0.05) is 12.1 Å². The second kappa shape index (κ2) is 4.98. The number of phenolic OH excluding ortho intramolecular Hbond substituents is 1. The Labute approximate surface area is 116 Å². The molecule has 3 rings (SSSR count). The first-order chi connectivity index (χ1) is 9.70. The van der Waals surface area contributed by atoms with Gasteiger partial charge in [0.15, 0.2) is 0 Å². The number of benzene rings is 2. The van der Waals surface area contributed by atoms with E-state index in [0.29, 0.717) is 6.54 Å². The number of rotatable bonds is 3. The topological polar surface area (TPSA) is 58.3 Å². The van der Waals surface area contributed by atoms with Crippen molar-refractivity contribution in [2.45, 2.75) is 13.5 Å². The van der Waals surface area contributed by atoms with Crippen LogP contribution < -0.4 is 0 Å². The zero-order valence-corrected chi connectivity index (χ0v) is 11.2. The molecule has 0 fully saturated rings. The van der Waals surface area contributed by atoms with Crippen molar-refractivity contribution in [1.82, 2.24) is 9.55 Å². The van der Waals surface area contributed by atoms with Crippen LogP contribution in [0.1, 0.15) is 5.56 Å². The van der Waals surface area contributed by atoms with Crippen molar-refractivity contribution in [3.63, 3.8) is 0 Å². The summed E-state index contributed by atoms with van der Waals surface area (Å²) in [5, 5.41) is 19.1. The molecule has 0 bridgehead atoms. The molecular formula is C16H16N2O2. The highest BCUT2D eigenvalue weighted by atomic mass is 16.3. The molecular weight excluding hydrogens is 252 g/mol. The molecule has 0 saturated carbocycles. The van der Waals surface area contributed by atoms with E-state index in [2.05, 4.69) is 4.98 Å². The third-order valence-corrected chi connectivity index (χ3v) is 3.45. The zero-order chi connectivity index (χ0) is 14.1. The second-order valence-corrected chi connectivity index (χ2v) is 4.80. The molecule has 0 unspecified atom stereocenters. The Morgan fingerprint density at radius 2 is 1.95 bits per heavy atom. The summed E-state index contributed by atoms with van der Waals surface area (Å²) in [5.74, 6) is 1.01. The van der Waals surface area contributed by atoms with Crippen LogP contribution in [-0.2, 0) is 6.54 Å². The van der Waals surface area contributed by atoms with Crippen molar-refractivity contribution in [3.05, 3.63) is 48.0 Å². The molecule has 0 radical (unpaired) electrons. The average Bonchev–Trinajstić information content (AvgIpc) is 2.82. The number of fused-ring (bicyclic) bond motifs is 1. The maximum atomic E-state index is 9.87. The summed E-state index contributed by atoms with van der Waals surface area (Å²) in [7, 11) is 0. The molecule has 4 heteroatoms. The number of aliphatic hydroxyl groups is 1. The fraction of sp³-hybridized carbons (Fsp3) is 0.188. The molecule has 0 aliphatic rings. The SMILES string of the molecule is Cc1ccc(-c2nc3ccccc3n2CCO)cc1O. The van der Waals surface area contributed by atoms with Crippen molar-refractivity contribution in [1.29, 1.82) is 0 Å². The van der Waals surface area contributed by atoms with Gasteiger partial charge < -0.3 is 14.8 Å². The normalized spacial score (nSPS) is 11.1. The average molecular weight is 268 g/mol. The van der Waals surface area contributed by atoms with E-state index in [9.17, 15) is 10.2 Å². The van der Waals surface area contributed by atoms with E-state index in [4.69, 9.17) is 0 Å². The molecule has 0 aliphatic heterocycles. The van der Waals surface area contributed by atoms with E-state index in [0.717, 1.165) is 28.0 Å². The van der Waals surface area contributed by atoms with Gasteiger partial charge in [-0.25, -0.2) is 4.98 Å². The van der Waals surface area contributed by atoms with Gasteiger partial charge in [-0.3, -0.25) is 0 Å². The van der Waals surface area contributed by atoms with E-state index in [1.54, 1.807) is 6.07 Å². The summed E-state index contributed by atoms with van der Waals surface area (Å²) in [6, 6.07) is 13.3. The summed E-state index contributed by atoms with van der Waals surface area (Å²) in [4.78, 5) is 4.61. The van der Waals surface area contributed by atoms with Crippen LogP contribution in [0.4, 0.5) is 0 Å². The molecule has 2 N–H and O–H groups in total. The molecule has 20 heavy (non-hydrogen) atoms. The zero-order valence-electron chi connectivity index (χ0n) is 11.2. The Morgan fingerprint density at radius 3 is 2.70 bits per heavy atom. The molecule has 0 aliphatic carbocycles. The molecule has 4 nitrogen and oxygen atoms in total. The van der Waals surface area contributed by atoms with Crippen molar-refractivity contribution in [2.75, 3.05) is 6.61 Å². The van der Waals surface area contributed by atoms with E-state index < -0.39 is 0 Å². The van der Waals surface area contributed by atoms with Crippen molar-refractivity contribution in [2.24, 2.45) is 0 Å². The largest absolute Gasteiger partial charge is 0.508 e. The predicted octanol–water partition coefficient (Wildman–Crippen LogP) is 2.71. The third kappa shape index (κ3) is 2.04. The highest BCUT2D eigenvalue weighted by Gasteiger charge is 2.12. The molecule has 102 valence electrons. The van der Waals surface area contributed by atoms with Crippen molar-refractivity contribution < 1.29 is 10.2 Å². The highest BCUT2D eigenvalue weighted by Crippen LogP contribution is 2.28. The maximum Gasteiger partial charge on any atom is 0.141 e. The van der Waals surface area contributed by atoms with Gasteiger partial charge in [-0.2, -0.15) is 0 Å². The van der Waals surface area contributed by atoms with Gasteiger partial charge in [0.1, 0.15) is 11.6 Å². The molecule has 1 heterocycles. The van der Waals surface area contributed by atoms with Crippen LogP contribution in [0.2, 0.25) is 0 Å². The molecule has 1 aromatic heterocycles. The number of hydrogen-bond acceptors (Lipinski definition) is 3. The third-order valence-electron chi connectivity index (χ3n) is 3.45. The Hall–Kier alpha value is -2.33. The van der Waals surface area contributed by atoms with Gasteiger partial charge in [-0.05, 0) is 30.7 Å². The predicted molar refractivity (Wildman–Crippen MR) is 78.7 cm³/mol. The number of imidazole rings is 1. The Bertz CT molecular complexity index is 762. The summed E-state index contributed by atoms with van der Waals surface area (Å²) < 4.78 is 1.97. The molecule has 2 aromatic carbocycles. The van der Waals surface area contributed by atoms with Gasteiger partial charge in [0.2, 0.25) is 0 Å². The number of aromatic hydroxyl groups is 1. The Morgan fingerprint density at radius 1 is 1.15 bits per heavy atom. The fourth-order valence-corrected chi connectivity index (χ4v) is 2.37. The number of aliphatic hydroxyl groups excluding tert-OH is 1. The van der Waals surface area contributed by atoms with Crippen LogP contribution >= 0.6 is 0 Å². The smallest absolute Gasteiger partial charge is 0.141 e. The molecule has 3 aromatic rings. The minimum Gasteiger partial charge on any atom is -0.508 e.